The third-order valence-corrected chi connectivity index (χ3v) is 3.46. The van der Waals surface area contributed by atoms with Crippen LogP contribution < -0.4 is 4.90 Å². The van der Waals surface area contributed by atoms with E-state index >= 15 is 0 Å². The first kappa shape index (κ1) is 12.3. The van der Waals surface area contributed by atoms with E-state index in [-0.39, 0.29) is 18.3 Å². The van der Waals surface area contributed by atoms with Crippen LogP contribution >= 0.6 is 15.9 Å². The molecule has 6 nitrogen and oxygen atoms in total. The maximum atomic E-state index is 10.6. The molecule has 2 heterocycles. The van der Waals surface area contributed by atoms with Gasteiger partial charge in [0, 0.05) is 12.6 Å². The van der Waals surface area contributed by atoms with Crippen molar-refractivity contribution in [2.45, 2.75) is 18.9 Å². The van der Waals surface area contributed by atoms with Crippen LogP contribution in [0, 0.1) is 10.1 Å². The number of hydrogen-bond acceptors (Lipinski definition) is 5. The topological polar surface area (TPSA) is 79.5 Å². The molecule has 7 heteroatoms. The summed E-state index contributed by atoms with van der Waals surface area (Å²) in [7, 11) is 0. The second-order valence-electron chi connectivity index (χ2n) is 3.93. The van der Waals surface area contributed by atoms with Gasteiger partial charge in [0.25, 0.3) is 5.69 Å². The minimum Gasteiger partial charge on any atom is -0.394 e. The summed E-state index contributed by atoms with van der Waals surface area (Å²) < 4.78 is 0.590. The average molecular weight is 302 g/mol. The molecule has 0 amide bonds. The lowest BCUT2D eigenvalue weighted by atomic mass is 10.2. The number of pyridine rings is 1. The fraction of sp³-hybridized carbons (Fsp3) is 0.500. The normalized spacial score (nSPS) is 19.6. The van der Waals surface area contributed by atoms with Gasteiger partial charge in [-0.1, -0.05) is 0 Å². The van der Waals surface area contributed by atoms with Crippen molar-refractivity contribution in [1.29, 1.82) is 0 Å². The fourth-order valence-corrected chi connectivity index (χ4v) is 2.60. The zero-order chi connectivity index (χ0) is 12.4. The van der Waals surface area contributed by atoms with Crippen molar-refractivity contribution in [2.24, 2.45) is 0 Å². The Kier molecular flexibility index (Phi) is 3.58. The molecule has 1 saturated heterocycles. The van der Waals surface area contributed by atoms with Crippen LogP contribution in [0.25, 0.3) is 0 Å². The van der Waals surface area contributed by atoms with Gasteiger partial charge in [-0.05, 0) is 28.8 Å². The number of halogens is 1. The molecular formula is C10H12BrN3O3. The SMILES string of the molecule is O=[N+]([O-])c1cnc(N2CCC[C@@H]2CO)c(Br)c1. The molecule has 0 bridgehead atoms. The summed E-state index contributed by atoms with van der Waals surface area (Å²) in [5, 5.41) is 19.8. The molecule has 0 unspecified atom stereocenters. The second-order valence-corrected chi connectivity index (χ2v) is 4.78. The Bertz CT molecular complexity index is 441. The minimum absolute atomic E-state index is 0.0413. The summed E-state index contributed by atoms with van der Waals surface area (Å²) in [6, 6.07) is 1.50. The highest BCUT2D eigenvalue weighted by atomic mass is 79.9. The van der Waals surface area contributed by atoms with Crippen LogP contribution in [-0.4, -0.2) is 34.2 Å². The lowest BCUT2D eigenvalue weighted by Crippen LogP contribution is -2.32. The maximum absolute atomic E-state index is 10.6. The summed E-state index contributed by atoms with van der Waals surface area (Å²) >= 11 is 3.29. The molecule has 1 aromatic heterocycles. The van der Waals surface area contributed by atoms with Gasteiger partial charge in [0.2, 0.25) is 0 Å². The van der Waals surface area contributed by atoms with E-state index in [4.69, 9.17) is 0 Å². The quantitative estimate of drug-likeness (QED) is 0.679. The van der Waals surface area contributed by atoms with Crippen molar-refractivity contribution in [3.05, 3.63) is 26.9 Å². The van der Waals surface area contributed by atoms with Crippen LogP contribution in [-0.2, 0) is 0 Å². The van der Waals surface area contributed by atoms with Gasteiger partial charge in [0.1, 0.15) is 12.0 Å². The zero-order valence-corrected chi connectivity index (χ0v) is 10.6. The molecule has 0 aliphatic carbocycles. The first-order chi connectivity index (χ1) is 8.13. The molecule has 0 aromatic carbocycles. The zero-order valence-electron chi connectivity index (χ0n) is 9.04. The molecule has 0 saturated carbocycles. The third kappa shape index (κ3) is 2.39. The fourth-order valence-electron chi connectivity index (χ4n) is 2.04. The van der Waals surface area contributed by atoms with Gasteiger partial charge in [-0.25, -0.2) is 4.98 Å². The van der Waals surface area contributed by atoms with E-state index in [1.807, 2.05) is 4.90 Å². The number of hydrogen-bond donors (Lipinski definition) is 1. The number of aliphatic hydroxyl groups is 1. The number of anilines is 1. The Labute approximate surface area is 107 Å². The Hall–Kier alpha value is -1.21. The Balaban J connectivity index is 2.30. The van der Waals surface area contributed by atoms with Crippen molar-refractivity contribution >= 4 is 27.4 Å². The van der Waals surface area contributed by atoms with Gasteiger partial charge in [-0.15, -0.1) is 0 Å². The summed E-state index contributed by atoms with van der Waals surface area (Å²) in [5.41, 5.74) is -0.0413. The Morgan fingerprint density at radius 3 is 3.06 bits per heavy atom. The first-order valence-electron chi connectivity index (χ1n) is 5.31. The van der Waals surface area contributed by atoms with Crippen molar-refractivity contribution < 1.29 is 10.0 Å². The number of rotatable bonds is 3. The van der Waals surface area contributed by atoms with Crippen molar-refractivity contribution in [3.8, 4) is 0 Å². The van der Waals surface area contributed by atoms with Gasteiger partial charge in [0.05, 0.1) is 22.0 Å². The third-order valence-electron chi connectivity index (χ3n) is 2.88. The van der Waals surface area contributed by atoms with Gasteiger partial charge in [0.15, 0.2) is 0 Å². The lowest BCUT2D eigenvalue weighted by molar-refractivity contribution is -0.385. The van der Waals surface area contributed by atoms with Crippen LogP contribution in [0.15, 0.2) is 16.7 Å². The molecule has 1 aromatic rings. The van der Waals surface area contributed by atoms with Crippen LogP contribution in [0.5, 0.6) is 0 Å². The van der Waals surface area contributed by atoms with Crippen LogP contribution in [0.3, 0.4) is 0 Å². The van der Waals surface area contributed by atoms with E-state index in [2.05, 4.69) is 20.9 Å². The number of aromatic nitrogens is 1. The molecule has 0 radical (unpaired) electrons. The van der Waals surface area contributed by atoms with E-state index < -0.39 is 4.92 Å². The summed E-state index contributed by atoms with van der Waals surface area (Å²) in [6.07, 6.45) is 3.16. The standard InChI is InChI=1S/C10H12BrN3O3/c11-9-4-8(14(16)17)5-12-10(9)13-3-1-2-7(13)6-15/h4-5,7,15H,1-3,6H2/t7-/m1/s1. The summed E-state index contributed by atoms with van der Waals surface area (Å²) in [5.74, 6) is 0.659. The largest absolute Gasteiger partial charge is 0.394 e. The highest BCUT2D eigenvalue weighted by Gasteiger charge is 2.27. The van der Waals surface area contributed by atoms with Crippen LogP contribution in [0.2, 0.25) is 0 Å². The molecule has 1 fully saturated rings. The van der Waals surface area contributed by atoms with E-state index in [9.17, 15) is 15.2 Å². The number of nitrogens with zero attached hydrogens (tertiary/aromatic N) is 3. The van der Waals surface area contributed by atoms with Crippen molar-refractivity contribution in [1.82, 2.24) is 4.98 Å². The minimum atomic E-state index is -0.477. The maximum Gasteiger partial charge on any atom is 0.288 e. The Morgan fingerprint density at radius 1 is 1.71 bits per heavy atom. The van der Waals surface area contributed by atoms with E-state index in [0.29, 0.717) is 10.3 Å². The van der Waals surface area contributed by atoms with Gasteiger partial charge < -0.3 is 10.0 Å². The lowest BCUT2D eigenvalue weighted by Gasteiger charge is -2.24. The van der Waals surface area contributed by atoms with Crippen LogP contribution in [0.1, 0.15) is 12.8 Å². The highest BCUT2D eigenvalue weighted by Crippen LogP contribution is 2.32. The molecule has 1 atom stereocenters. The van der Waals surface area contributed by atoms with Crippen molar-refractivity contribution in [3.63, 3.8) is 0 Å². The Morgan fingerprint density at radius 2 is 2.47 bits per heavy atom. The van der Waals surface area contributed by atoms with E-state index in [1.165, 1.54) is 12.3 Å². The van der Waals surface area contributed by atoms with E-state index in [0.717, 1.165) is 19.4 Å². The van der Waals surface area contributed by atoms with Gasteiger partial charge >= 0.3 is 0 Å². The van der Waals surface area contributed by atoms with Gasteiger partial charge in [-0.3, -0.25) is 10.1 Å². The second kappa shape index (κ2) is 4.97. The highest BCUT2D eigenvalue weighted by molar-refractivity contribution is 9.10. The molecule has 1 aliphatic rings. The smallest absolute Gasteiger partial charge is 0.288 e. The van der Waals surface area contributed by atoms with E-state index in [1.54, 1.807) is 0 Å². The monoisotopic (exact) mass is 301 g/mol. The molecule has 1 aliphatic heterocycles. The molecule has 17 heavy (non-hydrogen) atoms. The predicted molar refractivity (Wildman–Crippen MR) is 66.0 cm³/mol. The average Bonchev–Trinajstić information content (AvgIpc) is 2.76. The molecule has 0 spiro atoms. The summed E-state index contributed by atoms with van der Waals surface area (Å²) in [4.78, 5) is 16.2. The van der Waals surface area contributed by atoms with Gasteiger partial charge in [-0.2, -0.15) is 0 Å². The molecule has 92 valence electrons. The first-order valence-corrected chi connectivity index (χ1v) is 6.10. The predicted octanol–water partition coefficient (Wildman–Crippen LogP) is 1.71. The summed E-state index contributed by atoms with van der Waals surface area (Å²) in [6.45, 7) is 0.889. The number of aliphatic hydroxyl groups excluding tert-OH is 1. The van der Waals surface area contributed by atoms with Crippen molar-refractivity contribution in [2.75, 3.05) is 18.1 Å². The van der Waals surface area contributed by atoms with Crippen LogP contribution in [0.4, 0.5) is 11.5 Å². The molecule has 2 rings (SSSR count). The molecule has 1 N–H and O–H groups in total. The molecular weight excluding hydrogens is 290 g/mol. The number of nitro groups is 1.